The van der Waals surface area contributed by atoms with E-state index < -0.39 is 0 Å². The molecule has 2 fully saturated rings. The van der Waals surface area contributed by atoms with Crippen LogP contribution in [0.2, 0.25) is 0 Å². The predicted octanol–water partition coefficient (Wildman–Crippen LogP) is 0.659. The maximum absolute atomic E-state index is 12.9. The second-order valence-corrected chi connectivity index (χ2v) is 6.89. The van der Waals surface area contributed by atoms with E-state index in [1.54, 1.807) is 17.2 Å². The number of carbonyl (C=O) groups is 2. The molecule has 0 aromatic carbocycles. The van der Waals surface area contributed by atoms with E-state index in [2.05, 4.69) is 22.5 Å². The van der Waals surface area contributed by atoms with E-state index in [-0.39, 0.29) is 23.9 Å². The molecule has 2 aliphatic rings. The van der Waals surface area contributed by atoms with E-state index in [0.717, 1.165) is 37.8 Å². The minimum absolute atomic E-state index is 0.0798. The van der Waals surface area contributed by atoms with Gasteiger partial charge in [-0.3, -0.25) is 9.59 Å². The van der Waals surface area contributed by atoms with Crippen molar-refractivity contribution in [1.82, 2.24) is 20.5 Å². The summed E-state index contributed by atoms with van der Waals surface area (Å²) in [5.41, 5.74) is 6.46. The smallest absolute Gasteiger partial charge is 0.243 e. The van der Waals surface area contributed by atoms with Crippen molar-refractivity contribution in [3.63, 3.8) is 0 Å². The molecule has 136 valence electrons. The van der Waals surface area contributed by atoms with E-state index in [1.807, 2.05) is 6.07 Å². The molecule has 3 atom stereocenters. The number of nitrogens with one attached hydrogen (secondary N) is 2. The van der Waals surface area contributed by atoms with Gasteiger partial charge in [-0.05, 0) is 43.4 Å². The Labute approximate surface area is 148 Å². The molecule has 2 aliphatic heterocycles. The zero-order valence-electron chi connectivity index (χ0n) is 14.7. The lowest BCUT2D eigenvalue weighted by molar-refractivity contribution is -0.140. The van der Waals surface area contributed by atoms with E-state index in [4.69, 9.17) is 5.73 Å². The molecule has 0 unspecified atom stereocenters. The molecular weight excluding hydrogens is 318 g/mol. The maximum atomic E-state index is 12.9. The van der Waals surface area contributed by atoms with E-state index in [9.17, 15) is 9.59 Å². The number of pyridine rings is 1. The van der Waals surface area contributed by atoms with Crippen LogP contribution in [0.5, 0.6) is 0 Å². The number of likely N-dealkylation sites (tertiary alicyclic amines) is 1. The Morgan fingerprint density at radius 2 is 2.24 bits per heavy atom. The number of hydrogen-bond donors (Lipinski definition) is 3. The van der Waals surface area contributed by atoms with Gasteiger partial charge >= 0.3 is 0 Å². The van der Waals surface area contributed by atoms with Crippen LogP contribution in [0, 0.1) is 5.92 Å². The number of hydrogen-bond acceptors (Lipinski definition) is 5. The highest BCUT2D eigenvalue weighted by atomic mass is 16.2. The number of anilines is 1. The van der Waals surface area contributed by atoms with Gasteiger partial charge in [0, 0.05) is 19.3 Å². The number of nitrogens with zero attached hydrogens (tertiary/aromatic N) is 2. The summed E-state index contributed by atoms with van der Waals surface area (Å²) in [7, 11) is 0. The molecule has 0 saturated carbocycles. The first-order chi connectivity index (χ1) is 12.1. The SMILES string of the molecule is CC[C@@H]1CCN[C@H]1C(=O)N1CCC[C@H]1C(=O)NCc1ccc(N)nc1. The number of rotatable bonds is 5. The molecule has 0 aliphatic carbocycles. The summed E-state index contributed by atoms with van der Waals surface area (Å²) in [5, 5.41) is 6.24. The monoisotopic (exact) mass is 345 g/mol. The molecular formula is C18H27N5O2. The van der Waals surface area contributed by atoms with Gasteiger partial charge in [0.15, 0.2) is 0 Å². The van der Waals surface area contributed by atoms with E-state index in [1.165, 1.54) is 0 Å². The fourth-order valence-corrected chi connectivity index (χ4v) is 3.82. The largest absolute Gasteiger partial charge is 0.384 e. The zero-order valence-corrected chi connectivity index (χ0v) is 14.7. The van der Waals surface area contributed by atoms with Gasteiger partial charge in [-0.1, -0.05) is 19.4 Å². The third-order valence-corrected chi connectivity index (χ3v) is 5.29. The number of amides is 2. The lowest BCUT2D eigenvalue weighted by Crippen LogP contribution is -2.52. The summed E-state index contributed by atoms with van der Waals surface area (Å²) in [5.74, 6) is 0.819. The van der Waals surface area contributed by atoms with Crippen molar-refractivity contribution < 1.29 is 9.59 Å². The summed E-state index contributed by atoms with van der Waals surface area (Å²) >= 11 is 0. The fraction of sp³-hybridized carbons (Fsp3) is 0.611. The van der Waals surface area contributed by atoms with E-state index >= 15 is 0 Å². The molecule has 7 nitrogen and oxygen atoms in total. The molecule has 25 heavy (non-hydrogen) atoms. The van der Waals surface area contributed by atoms with Gasteiger partial charge in [-0.2, -0.15) is 0 Å². The second-order valence-electron chi connectivity index (χ2n) is 6.89. The highest BCUT2D eigenvalue weighted by molar-refractivity contribution is 5.90. The Hall–Kier alpha value is -2.15. The maximum Gasteiger partial charge on any atom is 0.243 e. The molecule has 1 aromatic heterocycles. The van der Waals surface area contributed by atoms with Crippen LogP contribution >= 0.6 is 0 Å². The lowest BCUT2D eigenvalue weighted by atomic mass is 9.96. The Bertz CT molecular complexity index is 618. The Balaban J connectivity index is 1.59. The summed E-state index contributed by atoms with van der Waals surface area (Å²) < 4.78 is 0. The van der Waals surface area contributed by atoms with Crippen LogP contribution in [-0.2, 0) is 16.1 Å². The molecule has 3 rings (SSSR count). The molecule has 0 bridgehead atoms. The van der Waals surface area contributed by atoms with Crippen LogP contribution in [0.4, 0.5) is 5.82 Å². The molecule has 1 aromatic rings. The van der Waals surface area contributed by atoms with Gasteiger partial charge in [-0.25, -0.2) is 4.98 Å². The van der Waals surface area contributed by atoms with Gasteiger partial charge < -0.3 is 21.3 Å². The third-order valence-electron chi connectivity index (χ3n) is 5.29. The molecule has 2 amide bonds. The van der Waals surface area contributed by atoms with Crippen LogP contribution < -0.4 is 16.4 Å². The minimum Gasteiger partial charge on any atom is -0.384 e. The molecule has 0 radical (unpaired) electrons. The molecule has 2 saturated heterocycles. The van der Waals surface area contributed by atoms with Gasteiger partial charge in [-0.15, -0.1) is 0 Å². The van der Waals surface area contributed by atoms with E-state index in [0.29, 0.717) is 24.8 Å². The van der Waals surface area contributed by atoms with Crippen LogP contribution in [-0.4, -0.2) is 46.9 Å². The number of carbonyl (C=O) groups excluding carboxylic acids is 2. The number of aromatic nitrogens is 1. The van der Waals surface area contributed by atoms with Gasteiger partial charge in [0.2, 0.25) is 11.8 Å². The number of nitrogen functional groups attached to an aromatic ring is 1. The predicted molar refractivity (Wildman–Crippen MR) is 95.4 cm³/mol. The van der Waals surface area contributed by atoms with Gasteiger partial charge in [0.1, 0.15) is 11.9 Å². The first-order valence-corrected chi connectivity index (χ1v) is 9.12. The third kappa shape index (κ3) is 3.92. The summed E-state index contributed by atoms with van der Waals surface area (Å²) in [6.45, 7) is 4.05. The highest BCUT2D eigenvalue weighted by Gasteiger charge is 2.40. The average molecular weight is 345 g/mol. The standard InChI is InChI=1S/C18H27N5O2/c1-2-13-7-8-20-16(13)18(25)23-9-3-4-14(23)17(24)22-11-12-5-6-15(19)21-10-12/h5-6,10,13-14,16,20H,2-4,7-9,11H2,1H3,(H2,19,21)(H,22,24)/t13-,14+,16-/m1/s1. The normalized spacial score (nSPS) is 26.0. The van der Waals surface area contributed by atoms with Gasteiger partial charge in [0.05, 0.1) is 6.04 Å². The van der Waals surface area contributed by atoms with Crippen LogP contribution in [0.1, 0.15) is 38.2 Å². The first-order valence-electron chi connectivity index (χ1n) is 9.12. The van der Waals surface area contributed by atoms with Crippen molar-refractivity contribution in [3.05, 3.63) is 23.9 Å². The highest BCUT2D eigenvalue weighted by Crippen LogP contribution is 2.25. The average Bonchev–Trinajstić information content (AvgIpc) is 3.29. The van der Waals surface area contributed by atoms with Crippen molar-refractivity contribution >= 4 is 17.6 Å². The number of nitrogens with two attached hydrogens (primary N) is 1. The first kappa shape index (κ1) is 17.7. The molecule has 3 heterocycles. The molecule has 7 heteroatoms. The second kappa shape index (κ2) is 7.82. The van der Waals surface area contributed by atoms with Crippen LogP contribution in [0.15, 0.2) is 18.3 Å². The Kier molecular flexibility index (Phi) is 5.53. The van der Waals surface area contributed by atoms with Crippen molar-refractivity contribution in [2.45, 2.75) is 51.2 Å². The molecule has 0 spiro atoms. The van der Waals surface area contributed by atoms with Crippen LogP contribution in [0.25, 0.3) is 0 Å². The van der Waals surface area contributed by atoms with Crippen molar-refractivity contribution in [2.24, 2.45) is 5.92 Å². The van der Waals surface area contributed by atoms with Crippen LogP contribution in [0.3, 0.4) is 0 Å². The molecule has 4 N–H and O–H groups in total. The summed E-state index contributed by atoms with van der Waals surface area (Å²) in [6, 6.07) is 3.05. The Morgan fingerprint density at radius 1 is 1.40 bits per heavy atom. The summed E-state index contributed by atoms with van der Waals surface area (Å²) in [6.07, 6.45) is 5.26. The van der Waals surface area contributed by atoms with Gasteiger partial charge in [0.25, 0.3) is 0 Å². The van der Waals surface area contributed by atoms with Crippen molar-refractivity contribution in [1.29, 1.82) is 0 Å². The fourth-order valence-electron chi connectivity index (χ4n) is 3.82. The van der Waals surface area contributed by atoms with Crippen molar-refractivity contribution in [2.75, 3.05) is 18.8 Å². The van der Waals surface area contributed by atoms with Crippen molar-refractivity contribution in [3.8, 4) is 0 Å². The quantitative estimate of drug-likeness (QED) is 0.728. The zero-order chi connectivity index (χ0) is 17.8. The topological polar surface area (TPSA) is 100 Å². The lowest BCUT2D eigenvalue weighted by Gasteiger charge is -2.28. The summed E-state index contributed by atoms with van der Waals surface area (Å²) in [4.78, 5) is 31.3. The minimum atomic E-state index is -0.367. The Morgan fingerprint density at radius 3 is 2.96 bits per heavy atom.